The predicted molar refractivity (Wildman–Crippen MR) is 101 cm³/mol. The Morgan fingerprint density at radius 1 is 1.04 bits per heavy atom. The average molecular weight is 374 g/mol. The molecule has 1 aliphatic rings. The van der Waals surface area contributed by atoms with Gasteiger partial charge in [0.15, 0.2) is 9.84 Å². The molecule has 3 aromatic rings. The molecule has 0 atom stereocenters. The first-order valence-corrected chi connectivity index (χ1v) is 11.0. The molecular formula is C18H19N3O2S2. The maximum Gasteiger partial charge on any atom is 0.175 e. The Kier molecular flexibility index (Phi) is 4.31. The van der Waals surface area contributed by atoms with E-state index >= 15 is 0 Å². The first kappa shape index (κ1) is 16.6. The van der Waals surface area contributed by atoms with Crippen LogP contribution in [0.3, 0.4) is 0 Å². The van der Waals surface area contributed by atoms with Crippen LogP contribution in [0.2, 0.25) is 0 Å². The third kappa shape index (κ3) is 3.44. The molecule has 1 N–H and O–H groups in total. The lowest BCUT2D eigenvalue weighted by Crippen LogP contribution is -2.26. The summed E-state index contributed by atoms with van der Waals surface area (Å²) in [7, 11) is -3.18. The number of thiazole rings is 1. The van der Waals surface area contributed by atoms with Crippen LogP contribution in [-0.2, 0) is 9.84 Å². The summed E-state index contributed by atoms with van der Waals surface area (Å²) in [6.45, 7) is 2.10. The van der Waals surface area contributed by atoms with Crippen molar-refractivity contribution in [3.05, 3.63) is 41.4 Å². The topological polar surface area (TPSA) is 72.0 Å². The number of hydrogen-bond donors (Lipinski definition) is 1. The number of nitrogens with one attached hydrogen (secondary N) is 1. The summed E-state index contributed by atoms with van der Waals surface area (Å²) in [5.41, 5.74) is 2.69. The van der Waals surface area contributed by atoms with Gasteiger partial charge in [0, 0.05) is 17.7 Å². The van der Waals surface area contributed by atoms with E-state index in [0.29, 0.717) is 10.8 Å². The zero-order valence-corrected chi connectivity index (χ0v) is 15.5. The van der Waals surface area contributed by atoms with Crippen molar-refractivity contribution in [2.45, 2.75) is 23.7 Å². The minimum atomic E-state index is -3.18. The van der Waals surface area contributed by atoms with Gasteiger partial charge in [-0.05, 0) is 50.2 Å². The second-order valence-electron chi connectivity index (χ2n) is 6.39. The SMILES string of the molecule is CS(=O)(=O)c1ccc(-c2ccc3nc(C4CCNCC4)sc3n2)cc1. The van der Waals surface area contributed by atoms with E-state index in [0.717, 1.165) is 47.5 Å². The predicted octanol–water partition coefficient (Wildman–Crippen LogP) is 3.23. The van der Waals surface area contributed by atoms with E-state index in [9.17, 15) is 8.42 Å². The van der Waals surface area contributed by atoms with E-state index in [4.69, 9.17) is 9.97 Å². The van der Waals surface area contributed by atoms with Crippen LogP contribution in [0, 0.1) is 0 Å². The van der Waals surface area contributed by atoms with E-state index in [2.05, 4.69) is 5.32 Å². The lowest BCUT2D eigenvalue weighted by molar-refractivity contribution is 0.459. The number of rotatable bonds is 3. The van der Waals surface area contributed by atoms with E-state index in [1.54, 1.807) is 35.6 Å². The Bertz CT molecular complexity index is 1000. The van der Waals surface area contributed by atoms with Crippen LogP contribution in [0.25, 0.3) is 21.6 Å². The molecular weight excluding hydrogens is 354 g/mol. The third-order valence-corrected chi connectivity index (χ3v) is 6.79. The minimum absolute atomic E-state index is 0.323. The molecule has 0 amide bonds. The molecule has 0 spiro atoms. The molecule has 25 heavy (non-hydrogen) atoms. The van der Waals surface area contributed by atoms with Crippen molar-refractivity contribution in [1.29, 1.82) is 0 Å². The van der Waals surface area contributed by atoms with Crippen LogP contribution in [0.15, 0.2) is 41.3 Å². The highest BCUT2D eigenvalue weighted by atomic mass is 32.2. The molecule has 130 valence electrons. The van der Waals surface area contributed by atoms with Crippen molar-refractivity contribution in [3.8, 4) is 11.3 Å². The third-order valence-electron chi connectivity index (χ3n) is 4.54. The molecule has 4 rings (SSSR count). The highest BCUT2D eigenvalue weighted by molar-refractivity contribution is 7.90. The fraction of sp³-hybridized carbons (Fsp3) is 0.333. The molecule has 1 saturated heterocycles. The molecule has 5 nitrogen and oxygen atoms in total. The van der Waals surface area contributed by atoms with Gasteiger partial charge in [-0.1, -0.05) is 23.5 Å². The van der Waals surface area contributed by atoms with Crippen LogP contribution in [-0.4, -0.2) is 37.7 Å². The van der Waals surface area contributed by atoms with Gasteiger partial charge in [-0.15, -0.1) is 0 Å². The minimum Gasteiger partial charge on any atom is -0.317 e. The van der Waals surface area contributed by atoms with Gasteiger partial charge in [-0.3, -0.25) is 0 Å². The number of nitrogens with zero attached hydrogens (tertiary/aromatic N) is 2. The first-order chi connectivity index (χ1) is 12.0. The number of benzene rings is 1. The lowest BCUT2D eigenvalue weighted by atomic mass is 9.99. The maximum atomic E-state index is 11.6. The molecule has 2 aromatic heterocycles. The molecule has 0 radical (unpaired) electrons. The van der Waals surface area contributed by atoms with Gasteiger partial charge in [0.05, 0.1) is 15.6 Å². The summed E-state index contributed by atoms with van der Waals surface area (Å²) in [6, 6.07) is 10.8. The highest BCUT2D eigenvalue weighted by Crippen LogP contribution is 2.32. The van der Waals surface area contributed by atoms with Crippen molar-refractivity contribution in [1.82, 2.24) is 15.3 Å². The van der Waals surface area contributed by atoms with E-state index in [1.807, 2.05) is 12.1 Å². The molecule has 3 heterocycles. The molecule has 1 aromatic carbocycles. The van der Waals surface area contributed by atoms with Gasteiger partial charge in [0.2, 0.25) is 0 Å². The van der Waals surface area contributed by atoms with E-state index in [1.165, 1.54) is 11.3 Å². The van der Waals surface area contributed by atoms with Crippen LogP contribution >= 0.6 is 11.3 Å². The van der Waals surface area contributed by atoms with Crippen molar-refractivity contribution >= 4 is 31.5 Å². The monoisotopic (exact) mass is 373 g/mol. The van der Waals surface area contributed by atoms with Crippen molar-refractivity contribution < 1.29 is 8.42 Å². The smallest absolute Gasteiger partial charge is 0.175 e. The fourth-order valence-electron chi connectivity index (χ4n) is 3.11. The standard InChI is InChI=1S/C18H19N3O2S2/c1-25(22,23)14-4-2-12(3-5-14)15-6-7-16-18(20-15)24-17(21-16)13-8-10-19-11-9-13/h2-7,13,19H,8-11H2,1H3. The van der Waals surface area contributed by atoms with Gasteiger partial charge in [-0.25, -0.2) is 18.4 Å². The Hall–Kier alpha value is -1.83. The van der Waals surface area contributed by atoms with E-state index < -0.39 is 9.84 Å². The molecule has 7 heteroatoms. The number of aromatic nitrogens is 2. The van der Waals surface area contributed by atoms with Crippen molar-refractivity contribution in [2.75, 3.05) is 19.3 Å². The molecule has 1 aliphatic heterocycles. The normalized spacial score (nSPS) is 16.4. The lowest BCUT2D eigenvalue weighted by Gasteiger charge is -2.20. The summed E-state index contributed by atoms with van der Waals surface area (Å²) in [4.78, 5) is 10.8. The Morgan fingerprint density at radius 2 is 1.76 bits per heavy atom. The summed E-state index contributed by atoms with van der Waals surface area (Å²) >= 11 is 1.67. The van der Waals surface area contributed by atoms with Gasteiger partial charge >= 0.3 is 0 Å². The Labute approximate surface area is 151 Å². The molecule has 0 saturated carbocycles. The number of sulfone groups is 1. The molecule has 0 bridgehead atoms. The van der Waals surface area contributed by atoms with Crippen LogP contribution < -0.4 is 5.32 Å². The quantitative estimate of drug-likeness (QED) is 0.763. The largest absolute Gasteiger partial charge is 0.317 e. The van der Waals surface area contributed by atoms with Crippen LogP contribution in [0.5, 0.6) is 0 Å². The van der Waals surface area contributed by atoms with Gasteiger partial charge in [0.1, 0.15) is 10.3 Å². The average Bonchev–Trinajstić information content (AvgIpc) is 3.05. The van der Waals surface area contributed by atoms with Gasteiger partial charge in [0.25, 0.3) is 0 Å². The summed E-state index contributed by atoms with van der Waals surface area (Å²) in [6.07, 6.45) is 3.46. The van der Waals surface area contributed by atoms with Crippen LogP contribution in [0.1, 0.15) is 23.8 Å². The summed E-state index contributed by atoms with van der Waals surface area (Å²) in [5.74, 6) is 0.526. The Balaban J connectivity index is 1.66. The highest BCUT2D eigenvalue weighted by Gasteiger charge is 2.19. The van der Waals surface area contributed by atoms with Crippen molar-refractivity contribution in [2.24, 2.45) is 0 Å². The zero-order valence-electron chi connectivity index (χ0n) is 13.9. The number of pyridine rings is 1. The summed E-state index contributed by atoms with van der Waals surface area (Å²) < 4.78 is 23.2. The second-order valence-corrected chi connectivity index (χ2v) is 9.42. The van der Waals surface area contributed by atoms with Gasteiger partial charge in [-0.2, -0.15) is 0 Å². The Morgan fingerprint density at radius 3 is 2.44 bits per heavy atom. The van der Waals surface area contributed by atoms with Crippen LogP contribution in [0.4, 0.5) is 0 Å². The number of piperidine rings is 1. The second kappa shape index (κ2) is 6.48. The van der Waals surface area contributed by atoms with Gasteiger partial charge < -0.3 is 5.32 Å². The zero-order chi connectivity index (χ0) is 17.4. The maximum absolute atomic E-state index is 11.6. The number of fused-ring (bicyclic) bond motifs is 1. The number of hydrogen-bond acceptors (Lipinski definition) is 6. The van der Waals surface area contributed by atoms with Crippen molar-refractivity contribution in [3.63, 3.8) is 0 Å². The summed E-state index contributed by atoms with van der Waals surface area (Å²) in [5, 5.41) is 4.56. The fourth-order valence-corrected chi connectivity index (χ4v) is 4.85. The van der Waals surface area contributed by atoms with E-state index in [-0.39, 0.29) is 0 Å². The molecule has 0 aliphatic carbocycles. The molecule has 0 unspecified atom stereocenters. The molecule has 1 fully saturated rings. The first-order valence-electron chi connectivity index (χ1n) is 8.29.